The van der Waals surface area contributed by atoms with Crippen LogP contribution in [0.5, 0.6) is 0 Å². The van der Waals surface area contributed by atoms with Crippen LogP contribution in [0.4, 0.5) is 17.5 Å². The fourth-order valence-corrected chi connectivity index (χ4v) is 6.03. The third-order valence-corrected chi connectivity index (χ3v) is 8.23. The Labute approximate surface area is 236 Å². The van der Waals surface area contributed by atoms with E-state index in [0.717, 1.165) is 53.4 Å². The lowest BCUT2D eigenvalue weighted by Gasteiger charge is -2.27. The van der Waals surface area contributed by atoms with Crippen molar-refractivity contribution in [3.63, 3.8) is 0 Å². The molecule has 2 N–H and O–H groups in total. The topological polar surface area (TPSA) is 118 Å². The minimum absolute atomic E-state index is 0.0584. The predicted octanol–water partition coefficient (Wildman–Crippen LogP) is 5.15. The second-order valence-electron chi connectivity index (χ2n) is 10.8. The molecular weight excluding hydrogens is 520 g/mol. The van der Waals surface area contributed by atoms with Gasteiger partial charge in [0.25, 0.3) is 5.56 Å². The zero-order chi connectivity index (χ0) is 27.9. The van der Waals surface area contributed by atoms with Gasteiger partial charge in [0.15, 0.2) is 11.5 Å². The maximum atomic E-state index is 13.3. The average Bonchev–Trinajstić information content (AvgIpc) is 3.69. The number of anilines is 3. The summed E-state index contributed by atoms with van der Waals surface area (Å²) in [6.07, 6.45) is 8.54. The highest BCUT2D eigenvalue weighted by Gasteiger charge is 2.23. The summed E-state index contributed by atoms with van der Waals surface area (Å²) in [6.45, 7) is 4.59. The van der Waals surface area contributed by atoms with Crippen molar-refractivity contribution in [3.8, 4) is 11.1 Å². The number of ether oxygens (including phenoxy) is 1. The van der Waals surface area contributed by atoms with Gasteiger partial charge >= 0.3 is 0 Å². The first kappa shape index (κ1) is 25.5. The van der Waals surface area contributed by atoms with Crippen LogP contribution in [0.2, 0.25) is 0 Å². The number of hydrogen-bond acceptors (Lipinski definition) is 8. The zero-order valence-electron chi connectivity index (χ0n) is 23.0. The molecule has 1 saturated heterocycles. The van der Waals surface area contributed by atoms with Gasteiger partial charge in [-0.15, -0.1) is 0 Å². The number of aryl methyl sites for hydroxylation is 1. The van der Waals surface area contributed by atoms with Crippen molar-refractivity contribution in [2.24, 2.45) is 0 Å². The van der Waals surface area contributed by atoms with E-state index in [4.69, 9.17) is 14.1 Å². The molecule has 7 rings (SSSR count). The second-order valence-corrected chi connectivity index (χ2v) is 10.8. The van der Waals surface area contributed by atoms with E-state index in [-0.39, 0.29) is 17.0 Å². The number of pyridine rings is 1. The summed E-state index contributed by atoms with van der Waals surface area (Å²) >= 11 is 0. The molecule has 4 aromatic heterocycles. The van der Waals surface area contributed by atoms with Gasteiger partial charge in [-0.1, -0.05) is 31.9 Å². The summed E-state index contributed by atoms with van der Waals surface area (Å²) in [5.74, 6) is 0.995. The molecule has 0 radical (unpaired) electrons. The third-order valence-electron chi connectivity index (χ3n) is 8.23. The maximum Gasteiger partial charge on any atom is 0.255 e. The number of benzene rings is 1. The summed E-state index contributed by atoms with van der Waals surface area (Å²) < 4.78 is 13.6. The molecule has 2 aliphatic rings. The van der Waals surface area contributed by atoms with Crippen molar-refractivity contribution >= 4 is 39.7 Å². The lowest BCUT2D eigenvalue weighted by Crippen LogP contribution is -2.36. The van der Waals surface area contributed by atoms with Crippen molar-refractivity contribution in [1.29, 1.82) is 0 Å². The van der Waals surface area contributed by atoms with Gasteiger partial charge in [0, 0.05) is 59.8 Å². The molecule has 210 valence electrons. The minimum Gasteiger partial charge on any atom is -0.438 e. The lowest BCUT2D eigenvalue weighted by atomic mass is 10.1. The molecule has 0 amide bonds. The molecule has 1 aromatic carbocycles. The molecule has 41 heavy (non-hydrogen) atoms. The molecule has 0 bridgehead atoms. The van der Waals surface area contributed by atoms with E-state index < -0.39 is 0 Å². The van der Waals surface area contributed by atoms with Crippen LogP contribution in [0.1, 0.15) is 44.2 Å². The first-order chi connectivity index (χ1) is 20.1. The molecule has 0 unspecified atom stereocenters. The van der Waals surface area contributed by atoms with Crippen LogP contribution < -0.4 is 21.2 Å². The Morgan fingerprint density at radius 3 is 2.61 bits per heavy atom. The summed E-state index contributed by atoms with van der Waals surface area (Å²) in [6, 6.07) is 11.5. The molecule has 2 fully saturated rings. The van der Waals surface area contributed by atoms with Crippen LogP contribution >= 0.6 is 0 Å². The third kappa shape index (κ3) is 4.67. The van der Waals surface area contributed by atoms with Crippen LogP contribution in [-0.4, -0.2) is 45.8 Å². The van der Waals surface area contributed by atoms with E-state index in [9.17, 15) is 9.59 Å². The Kier molecular flexibility index (Phi) is 6.54. The fraction of sp³-hybridized carbons (Fsp3) is 0.355. The van der Waals surface area contributed by atoms with E-state index in [1.54, 1.807) is 18.5 Å². The van der Waals surface area contributed by atoms with Gasteiger partial charge in [-0.25, -0.2) is 4.98 Å². The van der Waals surface area contributed by atoms with Crippen LogP contribution in [0, 0.1) is 0 Å². The number of fused-ring (bicyclic) bond motifs is 2. The number of morpholine rings is 1. The van der Waals surface area contributed by atoms with Gasteiger partial charge in [0.05, 0.1) is 13.2 Å². The lowest BCUT2D eigenvalue weighted by molar-refractivity contribution is 0.121. The van der Waals surface area contributed by atoms with E-state index in [1.165, 1.54) is 0 Å². The number of aromatic amines is 1. The van der Waals surface area contributed by atoms with Crippen molar-refractivity contribution in [1.82, 2.24) is 19.5 Å². The van der Waals surface area contributed by atoms with Crippen LogP contribution in [0.25, 0.3) is 33.3 Å². The predicted molar refractivity (Wildman–Crippen MR) is 159 cm³/mol. The maximum absolute atomic E-state index is 13.3. The number of nitrogens with zero attached hydrogens (tertiary/aromatic N) is 4. The zero-order valence-corrected chi connectivity index (χ0v) is 23.0. The molecule has 0 spiro atoms. The Hall–Kier alpha value is -4.44. The number of H-pyrrole nitrogens is 1. The quantitative estimate of drug-likeness (QED) is 0.297. The molecule has 5 aromatic rings. The molecule has 1 aliphatic carbocycles. The van der Waals surface area contributed by atoms with Gasteiger partial charge in [0.1, 0.15) is 11.2 Å². The highest BCUT2D eigenvalue weighted by Crippen LogP contribution is 2.33. The number of rotatable bonds is 6. The second kappa shape index (κ2) is 10.5. The highest BCUT2D eigenvalue weighted by molar-refractivity contribution is 5.91. The largest absolute Gasteiger partial charge is 0.438 e. The van der Waals surface area contributed by atoms with E-state index in [0.29, 0.717) is 61.3 Å². The monoisotopic (exact) mass is 552 g/mol. The van der Waals surface area contributed by atoms with Crippen molar-refractivity contribution in [2.75, 3.05) is 36.5 Å². The standard InChI is InChI=1S/C31H32N6O4/c1-2-19-15-21-17-33-31(35-29(21)37(30(19)39)23-5-3-4-6-23)34-22-9-7-20(8-10-22)24-18-32-27-25(38)16-26(41-28(24)27)36-11-13-40-14-12-36/h7-10,15-18,23,32H,2-6,11-14H2,1H3,(H,33,34,35). The summed E-state index contributed by atoms with van der Waals surface area (Å²) in [5.41, 5.74) is 4.95. The summed E-state index contributed by atoms with van der Waals surface area (Å²) in [4.78, 5) is 40.6. The van der Waals surface area contributed by atoms with Gasteiger partial charge in [-0.05, 0) is 43.0 Å². The molecule has 10 heteroatoms. The van der Waals surface area contributed by atoms with Crippen molar-refractivity contribution in [3.05, 3.63) is 74.9 Å². The van der Waals surface area contributed by atoms with Crippen molar-refractivity contribution in [2.45, 2.75) is 45.1 Å². The Bertz CT molecular complexity index is 1840. The molecule has 0 atom stereocenters. The Balaban J connectivity index is 1.19. The number of nitrogens with one attached hydrogen (secondary N) is 2. The Morgan fingerprint density at radius 1 is 1.07 bits per heavy atom. The first-order valence-electron chi connectivity index (χ1n) is 14.4. The molecule has 1 saturated carbocycles. The fourth-order valence-electron chi connectivity index (χ4n) is 6.03. The van der Waals surface area contributed by atoms with Crippen molar-refractivity contribution < 1.29 is 9.15 Å². The van der Waals surface area contributed by atoms with E-state index in [2.05, 4.69) is 15.3 Å². The van der Waals surface area contributed by atoms with Gasteiger partial charge in [-0.2, -0.15) is 4.98 Å². The molecule has 1 aliphatic heterocycles. The Morgan fingerprint density at radius 2 is 1.85 bits per heavy atom. The molecule has 5 heterocycles. The first-order valence-corrected chi connectivity index (χ1v) is 14.4. The normalized spacial score (nSPS) is 16.2. The van der Waals surface area contributed by atoms with Gasteiger partial charge < -0.3 is 24.4 Å². The number of hydrogen-bond donors (Lipinski definition) is 2. The van der Waals surface area contributed by atoms with Crippen LogP contribution in [0.15, 0.2) is 62.8 Å². The van der Waals surface area contributed by atoms with E-state index >= 15 is 0 Å². The minimum atomic E-state index is -0.104. The smallest absolute Gasteiger partial charge is 0.255 e. The number of aromatic nitrogens is 4. The average molecular weight is 553 g/mol. The van der Waals surface area contributed by atoms with Gasteiger partial charge in [-0.3, -0.25) is 14.2 Å². The SMILES string of the molecule is CCc1cc2cnc(Nc3ccc(-c4c[nH]c5c(=O)cc(N6CCOCC6)oc45)cc3)nc2n(C2CCCC2)c1=O. The van der Waals surface area contributed by atoms with Crippen LogP contribution in [-0.2, 0) is 11.2 Å². The molecular formula is C31H32N6O4. The molecule has 10 nitrogen and oxygen atoms in total. The summed E-state index contributed by atoms with van der Waals surface area (Å²) in [5, 5.41) is 4.18. The summed E-state index contributed by atoms with van der Waals surface area (Å²) in [7, 11) is 0. The van der Waals surface area contributed by atoms with Crippen LogP contribution in [0.3, 0.4) is 0 Å². The highest BCUT2D eigenvalue weighted by atomic mass is 16.5. The van der Waals surface area contributed by atoms with Gasteiger partial charge in [0.2, 0.25) is 11.4 Å². The van der Waals surface area contributed by atoms with E-state index in [1.807, 2.05) is 46.7 Å².